The van der Waals surface area contributed by atoms with Crippen molar-refractivity contribution in [3.8, 4) is 10.4 Å². The lowest BCUT2D eigenvalue weighted by Crippen LogP contribution is -2.01. The van der Waals surface area contributed by atoms with Gasteiger partial charge >= 0.3 is 0 Å². The Balaban J connectivity index is 2.04. The van der Waals surface area contributed by atoms with Crippen LogP contribution in [-0.2, 0) is 12.8 Å². The summed E-state index contributed by atoms with van der Waals surface area (Å²) in [6.45, 7) is 0. The summed E-state index contributed by atoms with van der Waals surface area (Å²) in [5.41, 5.74) is 4.54. The number of aryl methyl sites for hydroxylation is 2. The molecule has 0 saturated carbocycles. The van der Waals surface area contributed by atoms with Crippen LogP contribution in [0.15, 0.2) is 35.7 Å². The molecule has 1 aliphatic rings. The molecule has 1 aromatic heterocycles. The highest BCUT2D eigenvalue weighted by molar-refractivity contribution is 7.13. The monoisotopic (exact) mass is 214 g/mol. The molecule has 15 heavy (non-hydrogen) atoms. The van der Waals surface area contributed by atoms with E-state index < -0.39 is 0 Å². The number of thiophene rings is 1. The first-order chi connectivity index (χ1) is 7.43. The van der Waals surface area contributed by atoms with Crippen molar-refractivity contribution in [1.82, 2.24) is 0 Å². The smallest absolute Gasteiger partial charge is 0.0342 e. The predicted octanol–water partition coefficient (Wildman–Crippen LogP) is 4.29. The van der Waals surface area contributed by atoms with E-state index in [1.165, 1.54) is 36.1 Å². The molecular weight excluding hydrogens is 200 g/mol. The zero-order valence-corrected chi connectivity index (χ0v) is 9.52. The summed E-state index contributed by atoms with van der Waals surface area (Å²) in [5, 5.41) is 2.15. The van der Waals surface area contributed by atoms with Crippen molar-refractivity contribution in [2.45, 2.75) is 25.7 Å². The zero-order valence-electron chi connectivity index (χ0n) is 8.70. The molecule has 0 saturated heterocycles. The molecule has 0 radical (unpaired) electrons. The van der Waals surface area contributed by atoms with Crippen LogP contribution < -0.4 is 0 Å². The highest BCUT2D eigenvalue weighted by Crippen LogP contribution is 2.29. The third-order valence-electron chi connectivity index (χ3n) is 3.15. The fourth-order valence-corrected chi connectivity index (χ4v) is 3.05. The molecule has 0 bridgehead atoms. The van der Waals surface area contributed by atoms with Crippen LogP contribution in [0.3, 0.4) is 0 Å². The van der Waals surface area contributed by atoms with Gasteiger partial charge in [0.05, 0.1) is 0 Å². The molecule has 1 heteroatoms. The van der Waals surface area contributed by atoms with E-state index in [0.717, 1.165) is 0 Å². The SMILES string of the molecule is c1csc(-c2ccc3c(c2)CCCC3)c1. The minimum absolute atomic E-state index is 1.27. The molecular formula is C14H14S. The fraction of sp³-hybridized carbons (Fsp3) is 0.286. The van der Waals surface area contributed by atoms with Gasteiger partial charge < -0.3 is 0 Å². The maximum atomic E-state index is 2.39. The van der Waals surface area contributed by atoms with Crippen LogP contribution in [0.5, 0.6) is 0 Å². The van der Waals surface area contributed by atoms with Crippen LogP contribution in [0.2, 0.25) is 0 Å². The summed E-state index contributed by atoms with van der Waals surface area (Å²) in [7, 11) is 0. The van der Waals surface area contributed by atoms with Gasteiger partial charge in [-0.2, -0.15) is 0 Å². The van der Waals surface area contributed by atoms with Crippen LogP contribution in [0.25, 0.3) is 10.4 Å². The van der Waals surface area contributed by atoms with Crippen LogP contribution in [0.4, 0.5) is 0 Å². The molecule has 2 aromatic rings. The molecule has 0 atom stereocenters. The summed E-state index contributed by atoms with van der Waals surface area (Å²) in [5.74, 6) is 0. The van der Waals surface area contributed by atoms with Gasteiger partial charge in [0, 0.05) is 4.88 Å². The molecule has 0 spiro atoms. The molecule has 1 aliphatic carbocycles. The highest BCUT2D eigenvalue weighted by Gasteiger charge is 2.10. The lowest BCUT2D eigenvalue weighted by molar-refractivity contribution is 0.686. The fourth-order valence-electron chi connectivity index (χ4n) is 2.33. The summed E-state index contributed by atoms with van der Waals surface area (Å²) >= 11 is 1.83. The first-order valence-electron chi connectivity index (χ1n) is 5.59. The number of fused-ring (bicyclic) bond motifs is 1. The van der Waals surface area contributed by atoms with Gasteiger partial charge in [0.15, 0.2) is 0 Å². The van der Waals surface area contributed by atoms with Crippen molar-refractivity contribution in [2.24, 2.45) is 0 Å². The summed E-state index contributed by atoms with van der Waals surface area (Å²) in [6, 6.07) is 11.3. The minimum Gasteiger partial charge on any atom is -0.144 e. The maximum absolute atomic E-state index is 2.39. The number of hydrogen-bond acceptors (Lipinski definition) is 1. The quantitative estimate of drug-likeness (QED) is 0.664. The second-order valence-electron chi connectivity index (χ2n) is 4.17. The molecule has 0 aliphatic heterocycles. The van der Waals surface area contributed by atoms with Crippen molar-refractivity contribution >= 4 is 11.3 Å². The Kier molecular flexibility index (Phi) is 2.34. The van der Waals surface area contributed by atoms with Crippen molar-refractivity contribution in [2.75, 3.05) is 0 Å². The third-order valence-corrected chi connectivity index (χ3v) is 4.07. The van der Waals surface area contributed by atoms with Crippen molar-refractivity contribution in [3.05, 3.63) is 46.8 Å². The Morgan fingerprint density at radius 3 is 2.60 bits per heavy atom. The highest BCUT2D eigenvalue weighted by atomic mass is 32.1. The molecule has 1 aromatic carbocycles. The van der Waals surface area contributed by atoms with Crippen LogP contribution in [0.1, 0.15) is 24.0 Å². The maximum Gasteiger partial charge on any atom is 0.0342 e. The van der Waals surface area contributed by atoms with E-state index in [0.29, 0.717) is 0 Å². The van der Waals surface area contributed by atoms with E-state index in [9.17, 15) is 0 Å². The average Bonchev–Trinajstić information content (AvgIpc) is 2.82. The molecule has 0 nitrogen and oxygen atoms in total. The summed E-state index contributed by atoms with van der Waals surface area (Å²) in [4.78, 5) is 1.39. The summed E-state index contributed by atoms with van der Waals surface area (Å²) < 4.78 is 0. The van der Waals surface area contributed by atoms with Gasteiger partial charge in [-0.05, 0) is 53.8 Å². The predicted molar refractivity (Wildman–Crippen MR) is 66.4 cm³/mol. The lowest BCUT2D eigenvalue weighted by Gasteiger charge is -2.16. The van der Waals surface area contributed by atoms with Crippen molar-refractivity contribution < 1.29 is 0 Å². The van der Waals surface area contributed by atoms with Gasteiger partial charge in [-0.1, -0.05) is 24.3 Å². The minimum atomic E-state index is 1.27. The van der Waals surface area contributed by atoms with E-state index in [1.807, 2.05) is 11.3 Å². The van der Waals surface area contributed by atoms with Gasteiger partial charge in [0.25, 0.3) is 0 Å². The second-order valence-corrected chi connectivity index (χ2v) is 5.12. The van der Waals surface area contributed by atoms with Gasteiger partial charge in [0.1, 0.15) is 0 Å². The van der Waals surface area contributed by atoms with Crippen LogP contribution in [0, 0.1) is 0 Å². The summed E-state index contributed by atoms with van der Waals surface area (Å²) in [6.07, 6.45) is 5.28. The Morgan fingerprint density at radius 2 is 1.80 bits per heavy atom. The Bertz CT molecular complexity index is 454. The average molecular weight is 214 g/mol. The Morgan fingerprint density at radius 1 is 0.933 bits per heavy atom. The molecule has 0 amide bonds. The van der Waals surface area contributed by atoms with E-state index in [-0.39, 0.29) is 0 Å². The standard InChI is InChI=1S/C14H14S/c1-2-5-12-10-13(8-7-11(12)4-1)14-6-3-9-15-14/h3,6-10H,1-2,4-5H2. The van der Waals surface area contributed by atoms with Crippen LogP contribution in [-0.4, -0.2) is 0 Å². The number of hydrogen-bond donors (Lipinski definition) is 0. The van der Waals surface area contributed by atoms with E-state index in [1.54, 1.807) is 11.1 Å². The van der Waals surface area contributed by atoms with Gasteiger partial charge in [-0.3, -0.25) is 0 Å². The lowest BCUT2D eigenvalue weighted by atomic mass is 9.90. The van der Waals surface area contributed by atoms with Gasteiger partial charge in [0.2, 0.25) is 0 Å². The van der Waals surface area contributed by atoms with E-state index in [2.05, 4.69) is 35.7 Å². The van der Waals surface area contributed by atoms with Gasteiger partial charge in [-0.15, -0.1) is 11.3 Å². The molecule has 0 unspecified atom stereocenters. The second kappa shape index (κ2) is 3.82. The topological polar surface area (TPSA) is 0 Å². The molecule has 3 rings (SSSR count). The first kappa shape index (κ1) is 9.17. The van der Waals surface area contributed by atoms with Crippen molar-refractivity contribution in [1.29, 1.82) is 0 Å². The normalized spacial score (nSPS) is 14.9. The van der Waals surface area contributed by atoms with Crippen LogP contribution >= 0.6 is 11.3 Å². The van der Waals surface area contributed by atoms with Gasteiger partial charge in [-0.25, -0.2) is 0 Å². The Labute approximate surface area is 94.6 Å². The van der Waals surface area contributed by atoms with E-state index >= 15 is 0 Å². The number of benzene rings is 1. The molecule has 1 heterocycles. The van der Waals surface area contributed by atoms with E-state index in [4.69, 9.17) is 0 Å². The third kappa shape index (κ3) is 1.72. The molecule has 0 N–H and O–H groups in total. The first-order valence-corrected chi connectivity index (χ1v) is 6.47. The molecule has 0 fully saturated rings. The zero-order chi connectivity index (χ0) is 10.1. The largest absolute Gasteiger partial charge is 0.144 e. The van der Waals surface area contributed by atoms with Crippen molar-refractivity contribution in [3.63, 3.8) is 0 Å². The Hall–Kier alpha value is -1.08. The number of rotatable bonds is 1. The molecule has 76 valence electrons.